The standard InChI is InChI=1S/C18H23ClN2/c1-4-21(16-7-5-6-13(2)10-16)18(12-20)15-9-8-14(3)17(19)11-15/h5-11,18H,4,12,20H2,1-3H3. The maximum absolute atomic E-state index is 6.27. The van der Waals surface area contributed by atoms with Crippen LogP contribution in [-0.4, -0.2) is 13.1 Å². The van der Waals surface area contributed by atoms with E-state index < -0.39 is 0 Å². The molecule has 2 aromatic carbocycles. The maximum Gasteiger partial charge on any atom is 0.0665 e. The number of aryl methyl sites for hydroxylation is 2. The predicted molar refractivity (Wildman–Crippen MR) is 92.2 cm³/mol. The van der Waals surface area contributed by atoms with Gasteiger partial charge in [0, 0.05) is 23.8 Å². The fraction of sp³-hybridized carbons (Fsp3) is 0.333. The van der Waals surface area contributed by atoms with Crippen LogP contribution in [0.2, 0.25) is 5.02 Å². The molecular weight excluding hydrogens is 280 g/mol. The molecule has 2 N–H and O–H groups in total. The van der Waals surface area contributed by atoms with E-state index in [1.165, 1.54) is 11.3 Å². The lowest BCUT2D eigenvalue weighted by Crippen LogP contribution is -2.33. The van der Waals surface area contributed by atoms with Crippen molar-refractivity contribution in [3.05, 3.63) is 64.2 Å². The lowest BCUT2D eigenvalue weighted by Gasteiger charge is -2.33. The van der Waals surface area contributed by atoms with Gasteiger partial charge in [0.1, 0.15) is 0 Å². The van der Waals surface area contributed by atoms with Crippen LogP contribution < -0.4 is 10.6 Å². The summed E-state index contributed by atoms with van der Waals surface area (Å²) in [4.78, 5) is 2.33. The molecular formula is C18H23ClN2. The van der Waals surface area contributed by atoms with Crippen molar-refractivity contribution < 1.29 is 0 Å². The van der Waals surface area contributed by atoms with Crippen molar-refractivity contribution in [1.29, 1.82) is 0 Å². The van der Waals surface area contributed by atoms with E-state index in [2.05, 4.69) is 55.1 Å². The van der Waals surface area contributed by atoms with E-state index in [0.717, 1.165) is 22.7 Å². The van der Waals surface area contributed by atoms with Crippen molar-refractivity contribution in [1.82, 2.24) is 0 Å². The molecule has 0 saturated carbocycles. The summed E-state index contributed by atoms with van der Waals surface area (Å²) in [6.07, 6.45) is 0. The van der Waals surface area contributed by atoms with Gasteiger partial charge in [-0.15, -0.1) is 0 Å². The molecule has 2 aromatic rings. The minimum atomic E-state index is 0.134. The van der Waals surface area contributed by atoms with Gasteiger partial charge in [-0.3, -0.25) is 0 Å². The molecule has 0 aliphatic carbocycles. The van der Waals surface area contributed by atoms with Gasteiger partial charge in [-0.05, 0) is 55.7 Å². The Morgan fingerprint density at radius 2 is 1.90 bits per heavy atom. The second-order valence-electron chi connectivity index (χ2n) is 5.39. The van der Waals surface area contributed by atoms with E-state index in [1.54, 1.807) is 0 Å². The summed E-state index contributed by atoms with van der Waals surface area (Å²) >= 11 is 6.27. The normalized spacial score (nSPS) is 12.2. The number of rotatable bonds is 5. The summed E-state index contributed by atoms with van der Waals surface area (Å²) in [6.45, 7) is 7.73. The van der Waals surface area contributed by atoms with Crippen LogP contribution >= 0.6 is 11.6 Å². The Kier molecular flexibility index (Phi) is 5.27. The number of likely N-dealkylation sites (N-methyl/N-ethyl adjacent to an activating group) is 1. The Balaban J connectivity index is 2.39. The number of anilines is 1. The third-order valence-corrected chi connectivity index (χ3v) is 4.26. The molecule has 0 aromatic heterocycles. The molecule has 2 rings (SSSR count). The Hall–Kier alpha value is -1.51. The molecule has 0 aliphatic heterocycles. The molecule has 0 radical (unpaired) electrons. The van der Waals surface area contributed by atoms with Crippen molar-refractivity contribution in [3.63, 3.8) is 0 Å². The molecule has 0 fully saturated rings. The molecule has 1 atom stereocenters. The Morgan fingerprint density at radius 1 is 1.14 bits per heavy atom. The first kappa shape index (κ1) is 15.9. The molecule has 0 saturated heterocycles. The number of benzene rings is 2. The van der Waals surface area contributed by atoms with Gasteiger partial charge in [0.2, 0.25) is 0 Å². The highest BCUT2D eigenvalue weighted by atomic mass is 35.5. The molecule has 112 valence electrons. The third-order valence-electron chi connectivity index (χ3n) is 3.85. The quantitative estimate of drug-likeness (QED) is 0.882. The van der Waals surface area contributed by atoms with Gasteiger partial charge in [0.25, 0.3) is 0 Å². The number of hydrogen-bond donors (Lipinski definition) is 1. The fourth-order valence-corrected chi connectivity index (χ4v) is 2.84. The van der Waals surface area contributed by atoms with Crippen LogP contribution in [-0.2, 0) is 0 Å². The molecule has 0 heterocycles. The highest BCUT2D eigenvalue weighted by Crippen LogP contribution is 2.29. The highest BCUT2D eigenvalue weighted by Gasteiger charge is 2.19. The zero-order valence-electron chi connectivity index (χ0n) is 12.9. The first-order chi connectivity index (χ1) is 10.1. The first-order valence-corrected chi connectivity index (χ1v) is 7.74. The van der Waals surface area contributed by atoms with Gasteiger partial charge in [-0.25, -0.2) is 0 Å². The molecule has 21 heavy (non-hydrogen) atoms. The summed E-state index contributed by atoms with van der Waals surface area (Å²) in [7, 11) is 0. The van der Waals surface area contributed by atoms with E-state index in [9.17, 15) is 0 Å². The summed E-state index contributed by atoms with van der Waals surface area (Å²) < 4.78 is 0. The van der Waals surface area contributed by atoms with Gasteiger partial charge in [0.05, 0.1) is 6.04 Å². The molecule has 0 spiro atoms. The summed E-state index contributed by atoms with van der Waals surface area (Å²) in [5.74, 6) is 0. The van der Waals surface area contributed by atoms with Crippen LogP contribution in [0.25, 0.3) is 0 Å². The number of halogens is 1. The smallest absolute Gasteiger partial charge is 0.0665 e. The molecule has 3 heteroatoms. The van der Waals surface area contributed by atoms with Crippen LogP contribution in [0.15, 0.2) is 42.5 Å². The molecule has 1 unspecified atom stereocenters. The van der Waals surface area contributed by atoms with Crippen molar-refractivity contribution in [3.8, 4) is 0 Å². The average Bonchev–Trinajstić information content (AvgIpc) is 2.47. The van der Waals surface area contributed by atoms with Crippen LogP contribution in [0.5, 0.6) is 0 Å². The Labute approximate surface area is 132 Å². The number of nitrogens with two attached hydrogens (primary N) is 1. The SMILES string of the molecule is CCN(c1cccc(C)c1)C(CN)c1ccc(C)c(Cl)c1. The lowest BCUT2D eigenvalue weighted by molar-refractivity contribution is 0.643. The second kappa shape index (κ2) is 6.97. The highest BCUT2D eigenvalue weighted by molar-refractivity contribution is 6.31. The minimum Gasteiger partial charge on any atom is -0.363 e. The van der Waals surface area contributed by atoms with Gasteiger partial charge >= 0.3 is 0 Å². The zero-order valence-corrected chi connectivity index (χ0v) is 13.7. The maximum atomic E-state index is 6.27. The predicted octanol–water partition coefficient (Wildman–Crippen LogP) is 4.48. The largest absolute Gasteiger partial charge is 0.363 e. The second-order valence-corrected chi connectivity index (χ2v) is 5.79. The van der Waals surface area contributed by atoms with Crippen molar-refractivity contribution in [2.75, 3.05) is 18.0 Å². The van der Waals surface area contributed by atoms with E-state index in [-0.39, 0.29) is 6.04 Å². The van der Waals surface area contributed by atoms with E-state index in [4.69, 9.17) is 17.3 Å². The topological polar surface area (TPSA) is 29.3 Å². The minimum absolute atomic E-state index is 0.134. The molecule has 0 amide bonds. The summed E-state index contributed by atoms with van der Waals surface area (Å²) in [6, 6.07) is 14.9. The van der Waals surface area contributed by atoms with Crippen LogP contribution in [0.3, 0.4) is 0 Å². The van der Waals surface area contributed by atoms with E-state index >= 15 is 0 Å². The number of hydrogen-bond acceptors (Lipinski definition) is 2. The fourth-order valence-electron chi connectivity index (χ4n) is 2.65. The third kappa shape index (κ3) is 3.58. The van der Waals surface area contributed by atoms with Crippen LogP contribution in [0.1, 0.15) is 29.7 Å². The van der Waals surface area contributed by atoms with Gasteiger partial charge in [0.15, 0.2) is 0 Å². The molecule has 0 bridgehead atoms. The van der Waals surface area contributed by atoms with Crippen LogP contribution in [0, 0.1) is 13.8 Å². The molecule has 0 aliphatic rings. The Bertz CT molecular complexity index is 610. The Morgan fingerprint density at radius 3 is 2.48 bits per heavy atom. The monoisotopic (exact) mass is 302 g/mol. The number of nitrogens with zero attached hydrogens (tertiary/aromatic N) is 1. The average molecular weight is 303 g/mol. The zero-order chi connectivity index (χ0) is 15.4. The molecule has 2 nitrogen and oxygen atoms in total. The van der Waals surface area contributed by atoms with Crippen LogP contribution in [0.4, 0.5) is 5.69 Å². The summed E-state index contributed by atoms with van der Waals surface area (Å²) in [5, 5.41) is 0.797. The van der Waals surface area contributed by atoms with Crippen molar-refractivity contribution >= 4 is 17.3 Å². The van der Waals surface area contributed by atoms with Gasteiger partial charge < -0.3 is 10.6 Å². The van der Waals surface area contributed by atoms with Gasteiger partial charge in [-0.1, -0.05) is 35.9 Å². The lowest BCUT2D eigenvalue weighted by atomic mass is 10.0. The first-order valence-electron chi connectivity index (χ1n) is 7.36. The van der Waals surface area contributed by atoms with E-state index in [0.29, 0.717) is 6.54 Å². The van der Waals surface area contributed by atoms with Crippen molar-refractivity contribution in [2.45, 2.75) is 26.8 Å². The van der Waals surface area contributed by atoms with E-state index in [1.807, 2.05) is 13.0 Å². The summed E-state index contributed by atoms with van der Waals surface area (Å²) in [5.41, 5.74) is 10.8. The van der Waals surface area contributed by atoms with Gasteiger partial charge in [-0.2, -0.15) is 0 Å². The van der Waals surface area contributed by atoms with Crippen molar-refractivity contribution in [2.24, 2.45) is 5.73 Å².